The summed E-state index contributed by atoms with van der Waals surface area (Å²) in [5.41, 5.74) is -0.401. The fraction of sp³-hybridized carbons (Fsp3) is 0.0833. The molecule has 0 unspecified atom stereocenters. The molecule has 1 heterocycles. The highest BCUT2D eigenvalue weighted by Crippen LogP contribution is 2.43. The number of hydrogen-bond acceptors (Lipinski definition) is 3. The van der Waals surface area contributed by atoms with E-state index in [0.717, 1.165) is 17.0 Å². The smallest absolute Gasteiger partial charge is 0.416 e. The molecule has 1 amide bonds. The standard InChI is InChI=1S/C24H16F3NO3/c25-24(26,27)17-12-7-13-18(14-17)28-20(15-8-3-1-4-9-15)19(22(30)23(28)31)21(29)16-10-5-2-6-11-16/h1-14,20,29H/t20-/m0/s1. The van der Waals surface area contributed by atoms with Crippen molar-refractivity contribution in [2.75, 3.05) is 4.90 Å². The molecule has 0 radical (unpaired) electrons. The van der Waals surface area contributed by atoms with Crippen LogP contribution in [0.2, 0.25) is 0 Å². The third-order valence-corrected chi connectivity index (χ3v) is 5.06. The summed E-state index contributed by atoms with van der Waals surface area (Å²) in [5, 5.41) is 10.9. The van der Waals surface area contributed by atoms with Gasteiger partial charge < -0.3 is 5.11 Å². The van der Waals surface area contributed by atoms with Gasteiger partial charge in [-0.3, -0.25) is 14.5 Å². The Morgan fingerprint density at radius 1 is 0.839 bits per heavy atom. The maximum absolute atomic E-state index is 13.3. The van der Waals surface area contributed by atoms with Gasteiger partial charge in [0.2, 0.25) is 0 Å². The number of benzene rings is 3. The average Bonchev–Trinajstić information content (AvgIpc) is 3.04. The SMILES string of the molecule is O=C1C(=O)N(c2cccc(C(F)(F)F)c2)[C@@H](c2ccccc2)C1=C(O)c1ccccc1. The van der Waals surface area contributed by atoms with Crippen LogP contribution in [0.3, 0.4) is 0 Å². The minimum Gasteiger partial charge on any atom is -0.507 e. The Morgan fingerprint density at radius 3 is 2.06 bits per heavy atom. The minimum atomic E-state index is -4.62. The van der Waals surface area contributed by atoms with E-state index in [4.69, 9.17) is 0 Å². The average molecular weight is 423 g/mol. The number of hydrogen-bond donors (Lipinski definition) is 1. The van der Waals surface area contributed by atoms with Crippen LogP contribution < -0.4 is 4.90 Å². The highest BCUT2D eigenvalue weighted by molar-refractivity contribution is 6.51. The molecule has 3 aromatic carbocycles. The van der Waals surface area contributed by atoms with Gasteiger partial charge in [-0.2, -0.15) is 13.2 Å². The van der Waals surface area contributed by atoms with E-state index >= 15 is 0 Å². The zero-order chi connectivity index (χ0) is 22.2. The number of aliphatic hydroxyl groups excluding tert-OH is 1. The van der Waals surface area contributed by atoms with Crippen LogP contribution in [-0.2, 0) is 15.8 Å². The van der Waals surface area contributed by atoms with Crippen LogP contribution in [-0.4, -0.2) is 16.8 Å². The number of ketones is 1. The van der Waals surface area contributed by atoms with Gasteiger partial charge in [-0.1, -0.05) is 66.7 Å². The van der Waals surface area contributed by atoms with Gasteiger partial charge in [0.1, 0.15) is 5.76 Å². The van der Waals surface area contributed by atoms with Crippen molar-refractivity contribution < 1.29 is 27.9 Å². The summed E-state index contributed by atoms with van der Waals surface area (Å²) in [7, 11) is 0. The van der Waals surface area contributed by atoms with E-state index in [2.05, 4.69) is 0 Å². The first-order valence-electron chi connectivity index (χ1n) is 9.37. The number of amides is 1. The summed E-state index contributed by atoms with van der Waals surface area (Å²) >= 11 is 0. The molecule has 0 aromatic heterocycles. The van der Waals surface area contributed by atoms with Gasteiger partial charge in [0.25, 0.3) is 11.7 Å². The van der Waals surface area contributed by atoms with Crippen LogP contribution in [0.5, 0.6) is 0 Å². The summed E-state index contributed by atoms with van der Waals surface area (Å²) in [4.78, 5) is 26.9. The number of anilines is 1. The van der Waals surface area contributed by atoms with Crippen molar-refractivity contribution in [3.05, 3.63) is 107 Å². The lowest BCUT2D eigenvalue weighted by Crippen LogP contribution is -2.29. The van der Waals surface area contributed by atoms with Crippen LogP contribution in [0.25, 0.3) is 5.76 Å². The number of carbonyl (C=O) groups excluding carboxylic acids is 2. The first kappa shape index (κ1) is 20.4. The van der Waals surface area contributed by atoms with E-state index in [9.17, 15) is 27.9 Å². The number of nitrogens with zero attached hydrogens (tertiary/aromatic N) is 1. The molecule has 1 fully saturated rings. The van der Waals surface area contributed by atoms with Crippen molar-refractivity contribution >= 4 is 23.1 Å². The van der Waals surface area contributed by atoms with E-state index < -0.39 is 29.5 Å². The number of carbonyl (C=O) groups is 2. The van der Waals surface area contributed by atoms with E-state index in [0.29, 0.717) is 11.1 Å². The third-order valence-electron chi connectivity index (χ3n) is 5.06. The second-order valence-corrected chi connectivity index (χ2v) is 6.99. The van der Waals surface area contributed by atoms with E-state index in [1.54, 1.807) is 60.7 Å². The first-order chi connectivity index (χ1) is 14.8. The van der Waals surface area contributed by atoms with Crippen LogP contribution in [0.15, 0.2) is 90.5 Å². The number of halogens is 3. The topological polar surface area (TPSA) is 57.6 Å². The Bertz CT molecular complexity index is 1170. The van der Waals surface area contributed by atoms with Crippen LogP contribution in [0.4, 0.5) is 18.9 Å². The number of aliphatic hydroxyl groups is 1. The van der Waals surface area contributed by atoms with Gasteiger partial charge in [-0.25, -0.2) is 0 Å². The lowest BCUT2D eigenvalue weighted by molar-refractivity contribution is -0.137. The fourth-order valence-electron chi connectivity index (χ4n) is 3.63. The second-order valence-electron chi connectivity index (χ2n) is 6.99. The van der Waals surface area contributed by atoms with E-state index in [1.807, 2.05) is 0 Å². The molecule has 0 saturated carbocycles. The first-order valence-corrected chi connectivity index (χ1v) is 9.37. The maximum Gasteiger partial charge on any atom is 0.416 e. The summed E-state index contributed by atoms with van der Waals surface area (Å²) in [6, 6.07) is 19.8. The fourth-order valence-corrected chi connectivity index (χ4v) is 3.63. The van der Waals surface area contributed by atoms with Crippen molar-refractivity contribution in [3.63, 3.8) is 0 Å². The predicted molar refractivity (Wildman–Crippen MR) is 109 cm³/mol. The third kappa shape index (κ3) is 3.70. The number of alkyl halides is 3. The molecule has 1 aliphatic rings. The molecule has 1 saturated heterocycles. The van der Waals surface area contributed by atoms with Gasteiger partial charge in [0.05, 0.1) is 17.2 Å². The highest BCUT2D eigenvalue weighted by Gasteiger charge is 2.47. The minimum absolute atomic E-state index is 0.0853. The molecule has 1 N–H and O–H groups in total. The molecule has 156 valence electrons. The van der Waals surface area contributed by atoms with Crippen LogP contribution in [0, 0.1) is 0 Å². The zero-order valence-corrected chi connectivity index (χ0v) is 16.0. The molecule has 3 aromatic rings. The van der Waals surface area contributed by atoms with Crippen molar-refractivity contribution in [3.8, 4) is 0 Å². The van der Waals surface area contributed by atoms with Gasteiger partial charge in [-0.05, 0) is 23.8 Å². The molecule has 4 rings (SSSR count). The van der Waals surface area contributed by atoms with Gasteiger partial charge >= 0.3 is 6.18 Å². The van der Waals surface area contributed by atoms with Gasteiger partial charge in [0.15, 0.2) is 0 Å². The monoisotopic (exact) mass is 423 g/mol. The van der Waals surface area contributed by atoms with Gasteiger partial charge in [0, 0.05) is 11.3 Å². The zero-order valence-electron chi connectivity index (χ0n) is 16.0. The van der Waals surface area contributed by atoms with Crippen molar-refractivity contribution in [1.82, 2.24) is 0 Å². The second kappa shape index (κ2) is 7.75. The van der Waals surface area contributed by atoms with E-state index in [-0.39, 0.29) is 17.0 Å². The van der Waals surface area contributed by atoms with Crippen LogP contribution in [0.1, 0.15) is 22.7 Å². The summed E-state index contributed by atoms with van der Waals surface area (Å²) in [6.45, 7) is 0. The Kier molecular flexibility index (Phi) is 5.10. The number of Topliss-reactive ketones (excluding diaryl/α,β-unsaturated/α-hetero) is 1. The maximum atomic E-state index is 13.3. The summed E-state index contributed by atoms with van der Waals surface area (Å²) in [5.74, 6) is -2.36. The van der Waals surface area contributed by atoms with Gasteiger partial charge in [-0.15, -0.1) is 0 Å². The Hall–Kier alpha value is -3.87. The van der Waals surface area contributed by atoms with Crippen LogP contribution >= 0.6 is 0 Å². The molecule has 4 nitrogen and oxygen atoms in total. The Labute approximate surface area is 175 Å². The summed E-state index contributed by atoms with van der Waals surface area (Å²) < 4.78 is 39.8. The lowest BCUT2D eigenvalue weighted by Gasteiger charge is -2.26. The molecule has 1 atom stereocenters. The molecule has 1 aliphatic heterocycles. The quantitative estimate of drug-likeness (QED) is 0.352. The molecule has 0 aliphatic carbocycles. The van der Waals surface area contributed by atoms with Crippen molar-refractivity contribution in [2.45, 2.75) is 12.2 Å². The molecule has 0 bridgehead atoms. The lowest BCUT2D eigenvalue weighted by atomic mass is 9.95. The Morgan fingerprint density at radius 2 is 1.45 bits per heavy atom. The van der Waals surface area contributed by atoms with Crippen molar-refractivity contribution in [1.29, 1.82) is 0 Å². The molecular weight excluding hydrogens is 407 g/mol. The molecule has 7 heteroatoms. The predicted octanol–water partition coefficient (Wildman–Crippen LogP) is 5.33. The van der Waals surface area contributed by atoms with E-state index in [1.165, 1.54) is 12.1 Å². The van der Waals surface area contributed by atoms with Crippen molar-refractivity contribution in [2.24, 2.45) is 0 Å². The highest BCUT2D eigenvalue weighted by atomic mass is 19.4. The largest absolute Gasteiger partial charge is 0.507 e. The molecular formula is C24H16F3NO3. The molecule has 0 spiro atoms. The Balaban J connectivity index is 1.94. The molecule has 31 heavy (non-hydrogen) atoms. The summed E-state index contributed by atoms with van der Waals surface area (Å²) in [6.07, 6.45) is -4.62. The number of rotatable bonds is 3. The normalized spacial score (nSPS) is 18.4.